The van der Waals surface area contributed by atoms with Gasteiger partial charge in [0.2, 0.25) is 5.91 Å². The van der Waals surface area contributed by atoms with Crippen molar-refractivity contribution in [3.05, 3.63) is 51.8 Å². The zero-order valence-electron chi connectivity index (χ0n) is 13.6. The number of thiophene rings is 1. The summed E-state index contributed by atoms with van der Waals surface area (Å²) in [5.41, 5.74) is 3.75. The highest BCUT2D eigenvalue weighted by atomic mass is 32.1. The lowest BCUT2D eigenvalue weighted by molar-refractivity contribution is -0.121. The molecule has 0 fully saturated rings. The third-order valence-corrected chi connectivity index (χ3v) is 5.55. The Labute approximate surface area is 144 Å². The average molecular weight is 340 g/mol. The summed E-state index contributed by atoms with van der Waals surface area (Å²) >= 11 is 1.63. The van der Waals surface area contributed by atoms with Gasteiger partial charge in [0.25, 0.3) is 0 Å². The van der Waals surface area contributed by atoms with Crippen LogP contribution in [0.15, 0.2) is 35.7 Å². The van der Waals surface area contributed by atoms with Crippen molar-refractivity contribution in [1.29, 1.82) is 0 Å². The second kappa shape index (κ2) is 6.32. The fourth-order valence-electron chi connectivity index (χ4n) is 3.50. The van der Waals surface area contributed by atoms with Gasteiger partial charge < -0.3 is 15.0 Å². The molecule has 0 bridgehead atoms. The van der Waals surface area contributed by atoms with Gasteiger partial charge in [0, 0.05) is 27.5 Å². The summed E-state index contributed by atoms with van der Waals surface area (Å²) in [5.74, 6) is 0.983. The molecule has 0 saturated heterocycles. The van der Waals surface area contributed by atoms with Crippen LogP contribution in [0.3, 0.4) is 0 Å². The van der Waals surface area contributed by atoms with Crippen molar-refractivity contribution < 1.29 is 9.53 Å². The fraction of sp³-hybridized carbons (Fsp3) is 0.316. The van der Waals surface area contributed by atoms with Crippen molar-refractivity contribution >= 4 is 28.1 Å². The van der Waals surface area contributed by atoms with Crippen molar-refractivity contribution in [1.82, 2.24) is 10.3 Å². The van der Waals surface area contributed by atoms with Gasteiger partial charge in [-0.15, -0.1) is 11.3 Å². The van der Waals surface area contributed by atoms with Crippen LogP contribution in [0.2, 0.25) is 0 Å². The van der Waals surface area contributed by atoms with E-state index < -0.39 is 0 Å². The van der Waals surface area contributed by atoms with Gasteiger partial charge in [0.05, 0.1) is 13.5 Å². The summed E-state index contributed by atoms with van der Waals surface area (Å²) in [6.07, 6.45) is 3.30. The Hall–Kier alpha value is -2.27. The zero-order valence-corrected chi connectivity index (χ0v) is 14.4. The number of carbonyl (C=O) groups is 1. The molecule has 3 aromatic rings. The second-order valence-electron chi connectivity index (χ2n) is 6.26. The van der Waals surface area contributed by atoms with Crippen LogP contribution in [0.25, 0.3) is 10.9 Å². The topological polar surface area (TPSA) is 54.1 Å². The van der Waals surface area contributed by atoms with Crippen LogP contribution in [0, 0.1) is 0 Å². The lowest BCUT2D eigenvalue weighted by Crippen LogP contribution is -2.39. The van der Waals surface area contributed by atoms with Crippen LogP contribution < -0.4 is 10.1 Å². The molecule has 0 aliphatic heterocycles. The van der Waals surface area contributed by atoms with E-state index in [0.29, 0.717) is 6.42 Å². The normalized spacial score (nSPS) is 16.8. The number of ether oxygens (including phenoxy) is 1. The van der Waals surface area contributed by atoms with E-state index in [2.05, 4.69) is 22.4 Å². The first-order valence-corrected chi connectivity index (χ1v) is 9.10. The number of amides is 1. The number of H-pyrrole nitrogens is 1. The maximum atomic E-state index is 12.3. The van der Waals surface area contributed by atoms with Gasteiger partial charge in [0.1, 0.15) is 5.75 Å². The van der Waals surface area contributed by atoms with Crippen molar-refractivity contribution in [3.8, 4) is 5.75 Å². The molecular formula is C19H20N2O2S. The molecule has 1 unspecified atom stereocenters. The molecule has 2 N–H and O–H groups in total. The minimum Gasteiger partial charge on any atom is -0.497 e. The summed E-state index contributed by atoms with van der Waals surface area (Å²) in [4.78, 5) is 16.9. The highest BCUT2D eigenvalue weighted by Gasteiger charge is 2.24. The zero-order chi connectivity index (χ0) is 16.5. The summed E-state index contributed by atoms with van der Waals surface area (Å²) in [5, 5.41) is 6.42. The van der Waals surface area contributed by atoms with Crippen LogP contribution in [0.5, 0.6) is 5.75 Å². The van der Waals surface area contributed by atoms with Crippen LogP contribution >= 0.6 is 11.3 Å². The Morgan fingerprint density at radius 3 is 3.12 bits per heavy atom. The molecule has 1 amide bonds. The van der Waals surface area contributed by atoms with Gasteiger partial charge in [-0.05, 0) is 54.5 Å². The van der Waals surface area contributed by atoms with Crippen LogP contribution in [-0.2, 0) is 24.1 Å². The van der Waals surface area contributed by atoms with Gasteiger partial charge in [-0.3, -0.25) is 4.79 Å². The Morgan fingerprint density at radius 1 is 1.42 bits per heavy atom. The number of hydrogen-bond donors (Lipinski definition) is 2. The fourth-order valence-corrected chi connectivity index (χ4v) is 4.20. The van der Waals surface area contributed by atoms with Gasteiger partial charge in [-0.2, -0.15) is 0 Å². The summed E-state index contributed by atoms with van der Waals surface area (Å²) < 4.78 is 5.35. The smallest absolute Gasteiger partial charge is 0.225 e. The standard InChI is InChI=1S/C19H20N2O2S/c1-23-13-5-7-18-16(10-13)15-9-12(4-6-17(15)21-18)20-19(22)11-14-3-2-8-24-14/h2-3,5,7-8,10,12,21H,4,6,9,11H2,1H3,(H,20,22). The lowest BCUT2D eigenvalue weighted by Gasteiger charge is -2.23. The lowest BCUT2D eigenvalue weighted by atomic mass is 9.91. The van der Waals surface area contributed by atoms with E-state index in [0.717, 1.165) is 35.4 Å². The van der Waals surface area contributed by atoms with Crippen LogP contribution in [-0.4, -0.2) is 24.0 Å². The first-order valence-electron chi connectivity index (χ1n) is 8.22. The maximum Gasteiger partial charge on any atom is 0.225 e. The summed E-state index contributed by atoms with van der Waals surface area (Å²) in [7, 11) is 1.69. The first kappa shape index (κ1) is 15.3. The molecular weight excluding hydrogens is 320 g/mol. The predicted octanol–water partition coefficient (Wildman–Crippen LogP) is 3.45. The minimum absolute atomic E-state index is 0.114. The van der Waals surface area contributed by atoms with Crippen LogP contribution in [0.4, 0.5) is 0 Å². The molecule has 5 heteroatoms. The van der Waals surface area contributed by atoms with Gasteiger partial charge in [-0.1, -0.05) is 6.07 Å². The SMILES string of the molecule is COc1ccc2[nH]c3c(c2c1)CC(NC(=O)Cc1cccs1)CC3. The molecule has 4 nitrogen and oxygen atoms in total. The first-order chi connectivity index (χ1) is 11.7. The number of methoxy groups -OCH3 is 1. The van der Waals surface area contributed by atoms with Crippen molar-refractivity contribution in [2.75, 3.05) is 7.11 Å². The number of aromatic nitrogens is 1. The number of rotatable bonds is 4. The Bertz CT molecular complexity index is 867. The molecule has 24 heavy (non-hydrogen) atoms. The van der Waals surface area contributed by atoms with Crippen LogP contribution in [0.1, 0.15) is 22.6 Å². The Balaban J connectivity index is 1.51. The highest BCUT2D eigenvalue weighted by Crippen LogP contribution is 2.31. The number of carbonyl (C=O) groups excluding carboxylic acids is 1. The molecule has 0 radical (unpaired) electrons. The van der Waals surface area contributed by atoms with Crippen molar-refractivity contribution in [2.24, 2.45) is 0 Å². The molecule has 2 heterocycles. The molecule has 0 saturated carbocycles. The third kappa shape index (κ3) is 2.91. The van der Waals surface area contributed by atoms with E-state index >= 15 is 0 Å². The van der Waals surface area contributed by atoms with E-state index in [1.165, 1.54) is 16.6 Å². The highest BCUT2D eigenvalue weighted by molar-refractivity contribution is 7.10. The molecule has 124 valence electrons. The number of benzene rings is 1. The largest absolute Gasteiger partial charge is 0.497 e. The van der Waals surface area contributed by atoms with Crippen molar-refractivity contribution in [2.45, 2.75) is 31.7 Å². The number of aromatic amines is 1. The molecule has 0 spiro atoms. The summed E-state index contributed by atoms with van der Waals surface area (Å²) in [6, 6.07) is 10.3. The van der Waals surface area contributed by atoms with E-state index in [1.54, 1.807) is 18.4 Å². The Kier molecular flexibility index (Phi) is 4.02. The van der Waals surface area contributed by atoms with Gasteiger partial charge in [-0.25, -0.2) is 0 Å². The predicted molar refractivity (Wildman–Crippen MR) is 96.8 cm³/mol. The third-order valence-electron chi connectivity index (χ3n) is 4.68. The van der Waals surface area contributed by atoms with Gasteiger partial charge in [0.15, 0.2) is 0 Å². The van der Waals surface area contributed by atoms with E-state index in [4.69, 9.17) is 4.74 Å². The molecule has 1 aromatic carbocycles. The molecule has 1 aliphatic rings. The van der Waals surface area contributed by atoms with E-state index in [9.17, 15) is 4.79 Å². The second-order valence-corrected chi connectivity index (χ2v) is 7.29. The molecule has 2 aromatic heterocycles. The molecule has 1 atom stereocenters. The minimum atomic E-state index is 0.114. The van der Waals surface area contributed by atoms with Crippen molar-refractivity contribution in [3.63, 3.8) is 0 Å². The number of hydrogen-bond acceptors (Lipinski definition) is 3. The van der Waals surface area contributed by atoms with E-state index in [1.807, 2.05) is 23.6 Å². The molecule has 1 aliphatic carbocycles. The maximum absolute atomic E-state index is 12.3. The van der Waals surface area contributed by atoms with Gasteiger partial charge >= 0.3 is 0 Å². The number of nitrogens with one attached hydrogen (secondary N) is 2. The quantitative estimate of drug-likeness (QED) is 0.764. The number of fused-ring (bicyclic) bond motifs is 3. The monoisotopic (exact) mass is 340 g/mol. The summed E-state index contributed by atoms with van der Waals surface area (Å²) in [6.45, 7) is 0. The Morgan fingerprint density at radius 2 is 2.33 bits per heavy atom. The number of aryl methyl sites for hydroxylation is 1. The molecule has 4 rings (SSSR count). The van der Waals surface area contributed by atoms with E-state index in [-0.39, 0.29) is 11.9 Å². The average Bonchev–Trinajstić information content (AvgIpc) is 3.21.